The van der Waals surface area contributed by atoms with Crippen molar-refractivity contribution < 1.29 is 4.79 Å². The maximum atomic E-state index is 11.7. The molecule has 0 bridgehead atoms. The zero-order valence-electron chi connectivity index (χ0n) is 8.42. The predicted octanol–water partition coefficient (Wildman–Crippen LogP) is 3.71. The summed E-state index contributed by atoms with van der Waals surface area (Å²) in [6.45, 7) is 1.46. The second-order valence-electron chi connectivity index (χ2n) is 3.81. The summed E-state index contributed by atoms with van der Waals surface area (Å²) in [4.78, 5) is 13.8. The largest absolute Gasteiger partial charge is 0.337 e. The van der Waals surface area contributed by atoms with Crippen LogP contribution in [-0.4, -0.2) is 22.2 Å². The predicted molar refractivity (Wildman–Crippen MR) is 74.6 cm³/mol. The normalized spacial score (nSPS) is 20.6. The van der Waals surface area contributed by atoms with Crippen LogP contribution in [0.15, 0.2) is 27.1 Å². The van der Waals surface area contributed by atoms with Crippen LogP contribution in [0.1, 0.15) is 12.0 Å². The van der Waals surface area contributed by atoms with Crippen molar-refractivity contribution in [2.45, 2.75) is 17.8 Å². The molecule has 86 valence electrons. The van der Waals surface area contributed by atoms with Gasteiger partial charge in [-0.25, -0.2) is 0 Å². The van der Waals surface area contributed by atoms with Gasteiger partial charge in [-0.2, -0.15) is 0 Å². The highest BCUT2D eigenvalue weighted by Gasteiger charge is 2.27. The number of likely N-dealkylation sites (tertiary alicyclic amines) is 1. The van der Waals surface area contributed by atoms with Gasteiger partial charge in [0.05, 0.1) is 0 Å². The molecular weight excluding hydrogens is 402 g/mol. The van der Waals surface area contributed by atoms with Crippen molar-refractivity contribution in [1.29, 1.82) is 0 Å². The summed E-state index contributed by atoms with van der Waals surface area (Å²) in [7, 11) is 0. The minimum absolute atomic E-state index is 0.216. The van der Waals surface area contributed by atoms with E-state index in [9.17, 15) is 4.79 Å². The van der Waals surface area contributed by atoms with Gasteiger partial charge in [0.25, 0.3) is 0 Å². The average molecular weight is 412 g/mol. The number of benzene rings is 1. The zero-order valence-corrected chi connectivity index (χ0v) is 13.2. The van der Waals surface area contributed by atoms with E-state index in [1.165, 1.54) is 0 Å². The number of amides is 1. The summed E-state index contributed by atoms with van der Waals surface area (Å²) in [5.74, 6) is 0.216. The van der Waals surface area contributed by atoms with Gasteiger partial charge in [0.2, 0.25) is 5.91 Å². The van der Waals surface area contributed by atoms with Gasteiger partial charge in [0.1, 0.15) is 0 Å². The second-order valence-corrected chi connectivity index (χ2v) is 6.88. The summed E-state index contributed by atoms with van der Waals surface area (Å²) < 4.78 is 2.08. The third kappa shape index (κ3) is 2.87. The summed E-state index contributed by atoms with van der Waals surface area (Å²) >= 11 is 10.4. The van der Waals surface area contributed by atoms with Crippen molar-refractivity contribution in [2.75, 3.05) is 6.54 Å². The van der Waals surface area contributed by atoms with Crippen LogP contribution in [0.4, 0.5) is 0 Å². The molecule has 0 saturated carbocycles. The first-order valence-electron chi connectivity index (χ1n) is 4.92. The van der Waals surface area contributed by atoms with Gasteiger partial charge in [-0.1, -0.05) is 47.8 Å². The molecular formula is C11H10Br3NO. The van der Waals surface area contributed by atoms with E-state index in [4.69, 9.17) is 0 Å². The lowest BCUT2D eigenvalue weighted by atomic mass is 10.2. The fourth-order valence-electron chi connectivity index (χ4n) is 1.75. The number of rotatable bonds is 2. The van der Waals surface area contributed by atoms with Crippen LogP contribution in [0.2, 0.25) is 0 Å². The number of nitrogens with zero attached hydrogens (tertiary/aromatic N) is 1. The van der Waals surface area contributed by atoms with Crippen molar-refractivity contribution in [2.24, 2.45) is 0 Å². The highest BCUT2D eigenvalue weighted by atomic mass is 79.9. The van der Waals surface area contributed by atoms with Crippen LogP contribution in [0.3, 0.4) is 0 Å². The molecule has 0 radical (unpaired) electrons. The molecule has 1 atom stereocenters. The minimum Gasteiger partial charge on any atom is -0.337 e. The number of alkyl halides is 1. The molecule has 1 aliphatic rings. The molecule has 0 aromatic heterocycles. The highest BCUT2D eigenvalue weighted by Crippen LogP contribution is 2.26. The van der Waals surface area contributed by atoms with Gasteiger partial charge in [0.15, 0.2) is 0 Å². The molecule has 2 rings (SSSR count). The molecule has 0 spiro atoms. The number of halogens is 3. The fraction of sp³-hybridized carbons (Fsp3) is 0.364. The maximum absolute atomic E-state index is 11.7. The Morgan fingerprint density at radius 3 is 2.75 bits per heavy atom. The zero-order chi connectivity index (χ0) is 11.7. The van der Waals surface area contributed by atoms with Crippen LogP contribution < -0.4 is 0 Å². The first-order chi connectivity index (χ1) is 7.56. The molecule has 1 saturated heterocycles. The van der Waals surface area contributed by atoms with Gasteiger partial charge in [-0.3, -0.25) is 4.79 Å². The molecule has 0 aliphatic carbocycles. The van der Waals surface area contributed by atoms with Gasteiger partial charge < -0.3 is 4.90 Å². The van der Waals surface area contributed by atoms with Crippen LogP contribution >= 0.6 is 47.8 Å². The van der Waals surface area contributed by atoms with Gasteiger partial charge in [-0.15, -0.1) is 0 Å². The maximum Gasteiger partial charge on any atom is 0.224 e. The quantitative estimate of drug-likeness (QED) is 0.679. The molecule has 1 aliphatic heterocycles. The van der Waals surface area contributed by atoms with E-state index in [0.717, 1.165) is 21.1 Å². The monoisotopic (exact) mass is 409 g/mol. The van der Waals surface area contributed by atoms with Crippen molar-refractivity contribution in [3.05, 3.63) is 32.7 Å². The summed E-state index contributed by atoms with van der Waals surface area (Å²) in [5, 5.41) is 0. The first-order valence-corrected chi connectivity index (χ1v) is 7.42. The van der Waals surface area contributed by atoms with Crippen molar-refractivity contribution in [1.82, 2.24) is 4.90 Å². The average Bonchev–Trinajstić information content (AvgIpc) is 2.51. The summed E-state index contributed by atoms with van der Waals surface area (Å²) in [6.07, 6.45) is 0.603. The Balaban J connectivity index is 2.15. The van der Waals surface area contributed by atoms with E-state index in [2.05, 4.69) is 47.8 Å². The molecule has 0 N–H and O–H groups in total. The molecule has 1 unspecified atom stereocenters. The van der Waals surface area contributed by atoms with Crippen LogP contribution in [0.25, 0.3) is 0 Å². The lowest BCUT2D eigenvalue weighted by molar-refractivity contribution is -0.128. The standard InChI is InChI=1S/C11H10Br3NO/c12-8-1-2-10(14)7(3-8)5-15-6-9(13)4-11(15)16/h1-3,9H,4-6H2. The topological polar surface area (TPSA) is 20.3 Å². The number of hydrogen-bond acceptors (Lipinski definition) is 1. The number of hydrogen-bond donors (Lipinski definition) is 0. The van der Waals surface area contributed by atoms with Gasteiger partial charge in [0, 0.05) is 33.3 Å². The third-order valence-corrected chi connectivity index (χ3v) is 4.42. The van der Waals surface area contributed by atoms with E-state index >= 15 is 0 Å². The third-order valence-electron chi connectivity index (χ3n) is 2.54. The van der Waals surface area contributed by atoms with Crippen molar-refractivity contribution in [3.8, 4) is 0 Å². The van der Waals surface area contributed by atoms with E-state index in [-0.39, 0.29) is 5.91 Å². The van der Waals surface area contributed by atoms with E-state index < -0.39 is 0 Å². The Hall–Kier alpha value is 0.130. The summed E-state index contributed by atoms with van der Waals surface area (Å²) in [5.41, 5.74) is 1.13. The minimum atomic E-state index is 0.216. The lowest BCUT2D eigenvalue weighted by Gasteiger charge is -2.17. The fourth-order valence-corrected chi connectivity index (χ4v) is 3.15. The van der Waals surface area contributed by atoms with Crippen molar-refractivity contribution >= 4 is 53.7 Å². The van der Waals surface area contributed by atoms with E-state index in [1.807, 2.05) is 23.1 Å². The molecule has 1 aromatic carbocycles. The Kier molecular flexibility index (Phi) is 4.08. The van der Waals surface area contributed by atoms with E-state index in [0.29, 0.717) is 17.8 Å². The lowest BCUT2D eigenvalue weighted by Crippen LogP contribution is -2.24. The number of carbonyl (C=O) groups excluding carboxylic acids is 1. The Labute approximate surface area is 120 Å². The smallest absolute Gasteiger partial charge is 0.224 e. The van der Waals surface area contributed by atoms with E-state index in [1.54, 1.807) is 0 Å². The Bertz CT molecular complexity index is 422. The first kappa shape index (κ1) is 12.6. The SMILES string of the molecule is O=C1CC(Br)CN1Cc1cc(Br)ccc1Br. The Morgan fingerprint density at radius 2 is 2.12 bits per heavy atom. The second kappa shape index (κ2) is 5.19. The molecule has 2 nitrogen and oxygen atoms in total. The molecule has 1 heterocycles. The number of carbonyl (C=O) groups is 1. The van der Waals surface area contributed by atoms with Crippen LogP contribution in [0, 0.1) is 0 Å². The summed E-state index contributed by atoms with van der Waals surface area (Å²) in [6, 6.07) is 6.01. The Morgan fingerprint density at radius 1 is 1.38 bits per heavy atom. The molecule has 1 fully saturated rings. The van der Waals surface area contributed by atoms with Gasteiger partial charge in [-0.05, 0) is 23.8 Å². The molecule has 1 aromatic rings. The van der Waals surface area contributed by atoms with Crippen molar-refractivity contribution in [3.63, 3.8) is 0 Å². The molecule has 5 heteroatoms. The highest BCUT2D eigenvalue weighted by molar-refractivity contribution is 9.11. The van der Waals surface area contributed by atoms with Crippen LogP contribution in [-0.2, 0) is 11.3 Å². The molecule has 16 heavy (non-hydrogen) atoms. The molecule has 1 amide bonds. The van der Waals surface area contributed by atoms with Gasteiger partial charge >= 0.3 is 0 Å². The van der Waals surface area contributed by atoms with Crippen LogP contribution in [0.5, 0.6) is 0 Å².